The van der Waals surface area contributed by atoms with Crippen molar-refractivity contribution in [1.29, 1.82) is 0 Å². The van der Waals surface area contributed by atoms with Gasteiger partial charge in [-0.2, -0.15) is 0 Å². The summed E-state index contributed by atoms with van der Waals surface area (Å²) in [6, 6.07) is 10.2. The van der Waals surface area contributed by atoms with Crippen LogP contribution in [0.15, 0.2) is 36.4 Å². The second-order valence-corrected chi connectivity index (χ2v) is 8.48. The molecule has 0 aliphatic heterocycles. The fourth-order valence-electron chi connectivity index (χ4n) is 3.04. The summed E-state index contributed by atoms with van der Waals surface area (Å²) in [7, 11) is 0. The molecule has 0 radical (unpaired) electrons. The molecule has 0 saturated carbocycles. The zero-order valence-corrected chi connectivity index (χ0v) is 20.0. The number of halogens is 2. The lowest BCUT2D eigenvalue weighted by Crippen LogP contribution is -2.49. The van der Waals surface area contributed by atoms with Crippen LogP contribution in [0.2, 0.25) is 10.0 Å². The van der Waals surface area contributed by atoms with Crippen molar-refractivity contribution in [2.75, 3.05) is 13.2 Å². The van der Waals surface area contributed by atoms with Crippen LogP contribution < -0.4 is 10.1 Å². The molecule has 2 aromatic rings. The van der Waals surface area contributed by atoms with Gasteiger partial charge in [-0.25, -0.2) is 0 Å². The summed E-state index contributed by atoms with van der Waals surface area (Å²) in [6.45, 7) is 8.22. The Balaban J connectivity index is 2.19. The van der Waals surface area contributed by atoms with Gasteiger partial charge in [0.15, 0.2) is 6.61 Å². The first-order valence-corrected chi connectivity index (χ1v) is 11.2. The zero-order chi connectivity index (χ0) is 23.0. The highest BCUT2D eigenvalue weighted by Gasteiger charge is 2.27. The molecule has 0 aromatic heterocycles. The molecule has 0 saturated heterocycles. The number of carbonyl (C=O) groups is 2. The van der Waals surface area contributed by atoms with Crippen molar-refractivity contribution in [1.82, 2.24) is 10.2 Å². The first-order valence-electron chi connectivity index (χ1n) is 10.4. The molecule has 168 valence electrons. The van der Waals surface area contributed by atoms with Crippen LogP contribution in [0.5, 0.6) is 5.75 Å². The molecular weight excluding hydrogens is 435 g/mol. The number of amides is 2. The molecule has 2 aromatic carbocycles. The van der Waals surface area contributed by atoms with Gasteiger partial charge in [0, 0.05) is 23.1 Å². The summed E-state index contributed by atoms with van der Waals surface area (Å²) in [5, 5.41) is 3.84. The van der Waals surface area contributed by atoms with Crippen molar-refractivity contribution < 1.29 is 14.3 Å². The van der Waals surface area contributed by atoms with E-state index >= 15 is 0 Å². The third kappa shape index (κ3) is 7.44. The van der Waals surface area contributed by atoms with Gasteiger partial charge in [0.1, 0.15) is 11.8 Å². The van der Waals surface area contributed by atoms with Crippen LogP contribution in [0, 0.1) is 13.8 Å². The van der Waals surface area contributed by atoms with Crippen molar-refractivity contribution in [3.8, 4) is 5.75 Å². The maximum absolute atomic E-state index is 13.1. The Bertz CT molecular complexity index is 918. The van der Waals surface area contributed by atoms with E-state index in [4.69, 9.17) is 27.9 Å². The summed E-state index contributed by atoms with van der Waals surface area (Å²) in [4.78, 5) is 27.3. The molecule has 5 nitrogen and oxygen atoms in total. The molecule has 0 heterocycles. The van der Waals surface area contributed by atoms with Crippen LogP contribution in [-0.2, 0) is 16.1 Å². The van der Waals surface area contributed by atoms with Crippen LogP contribution in [0.25, 0.3) is 0 Å². The van der Waals surface area contributed by atoms with E-state index in [2.05, 4.69) is 12.2 Å². The monoisotopic (exact) mass is 464 g/mol. The minimum absolute atomic E-state index is 0.174. The van der Waals surface area contributed by atoms with Crippen molar-refractivity contribution in [3.63, 3.8) is 0 Å². The van der Waals surface area contributed by atoms with E-state index in [9.17, 15) is 9.59 Å². The molecule has 2 amide bonds. The molecule has 0 bridgehead atoms. The number of hydrogen-bond acceptors (Lipinski definition) is 3. The smallest absolute Gasteiger partial charge is 0.261 e. The molecular formula is C24H30Cl2N2O3. The highest BCUT2D eigenvalue weighted by atomic mass is 35.5. The largest absolute Gasteiger partial charge is 0.483 e. The van der Waals surface area contributed by atoms with Gasteiger partial charge in [-0.15, -0.1) is 0 Å². The Morgan fingerprint density at radius 3 is 2.55 bits per heavy atom. The average molecular weight is 465 g/mol. The Kier molecular flexibility index (Phi) is 9.66. The zero-order valence-electron chi connectivity index (χ0n) is 18.5. The molecule has 2 rings (SSSR count). The Morgan fingerprint density at radius 2 is 1.87 bits per heavy atom. The molecule has 0 fully saturated rings. The summed E-state index contributed by atoms with van der Waals surface area (Å²) in [6.07, 6.45) is 1.85. The van der Waals surface area contributed by atoms with Gasteiger partial charge in [0.05, 0.1) is 0 Å². The summed E-state index contributed by atoms with van der Waals surface area (Å²) in [5.41, 5.74) is 2.69. The van der Waals surface area contributed by atoms with E-state index in [-0.39, 0.29) is 25.0 Å². The standard InChI is InChI=1S/C24H30Cl2N2O3/c1-5-6-11-27-24(30)18(4)28(14-19-9-10-20(25)13-21(19)26)23(29)15-31-22-12-16(2)7-8-17(22)3/h7-10,12-13,18H,5-6,11,14-15H2,1-4H3,(H,27,30)/t18-/m0/s1. The van der Waals surface area contributed by atoms with E-state index in [0.29, 0.717) is 27.9 Å². The number of unbranched alkanes of at least 4 members (excludes halogenated alkanes) is 1. The number of hydrogen-bond donors (Lipinski definition) is 1. The second kappa shape index (κ2) is 12.0. The molecule has 0 aliphatic rings. The van der Waals surface area contributed by atoms with Crippen LogP contribution in [0.4, 0.5) is 0 Å². The number of rotatable bonds is 10. The predicted molar refractivity (Wildman–Crippen MR) is 126 cm³/mol. The highest BCUT2D eigenvalue weighted by molar-refractivity contribution is 6.35. The summed E-state index contributed by atoms with van der Waals surface area (Å²) < 4.78 is 5.80. The summed E-state index contributed by atoms with van der Waals surface area (Å²) in [5.74, 6) is 0.140. The molecule has 7 heteroatoms. The van der Waals surface area contributed by atoms with Crippen LogP contribution in [0.1, 0.15) is 43.4 Å². The van der Waals surface area contributed by atoms with Gasteiger partial charge < -0.3 is 15.0 Å². The van der Waals surface area contributed by atoms with Crippen LogP contribution in [-0.4, -0.2) is 35.9 Å². The third-order valence-electron chi connectivity index (χ3n) is 5.05. The SMILES string of the molecule is CCCCNC(=O)[C@H](C)N(Cc1ccc(Cl)cc1Cl)C(=O)COc1cc(C)ccc1C. The van der Waals surface area contributed by atoms with Gasteiger partial charge in [-0.3, -0.25) is 9.59 Å². The minimum Gasteiger partial charge on any atom is -0.483 e. The highest BCUT2D eigenvalue weighted by Crippen LogP contribution is 2.24. The lowest BCUT2D eigenvalue weighted by molar-refractivity contribution is -0.142. The second-order valence-electron chi connectivity index (χ2n) is 7.64. The molecule has 1 N–H and O–H groups in total. The normalized spacial score (nSPS) is 11.7. The topological polar surface area (TPSA) is 58.6 Å². The fourth-order valence-corrected chi connectivity index (χ4v) is 3.51. The lowest BCUT2D eigenvalue weighted by atomic mass is 10.1. The maximum atomic E-state index is 13.1. The van der Waals surface area contributed by atoms with Crippen molar-refractivity contribution in [2.24, 2.45) is 0 Å². The van der Waals surface area contributed by atoms with Gasteiger partial charge in [-0.05, 0) is 62.1 Å². The predicted octanol–water partition coefficient (Wildman–Crippen LogP) is 5.32. The van der Waals surface area contributed by atoms with Crippen molar-refractivity contribution in [2.45, 2.75) is 53.1 Å². The van der Waals surface area contributed by atoms with E-state index in [1.807, 2.05) is 32.0 Å². The van der Waals surface area contributed by atoms with E-state index < -0.39 is 6.04 Å². The Labute approximate surface area is 194 Å². The van der Waals surface area contributed by atoms with Gasteiger partial charge in [0.25, 0.3) is 5.91 Å². The molecule has 0 spiro atoms. The summed E-state index contributed by atoms with van der Waals surface area (Å²) >= 11 is 12.3. The van der Waals surface area contributed by atoms with Gasteiger partial charge in [-0.1, -0.05) is 54.7 Å². The van der Waals surface area contributed by atoms with Gasteiger partial charge in [0.2, 0.25) is 5.91 Å². The first kappa shape index (κ1) is 25.0. The molecule has 31 heavy (non-hydrogen) atoms. The van der Waals surface area contributed by atoms with E-state index in [1.54, 1.807) is 25.1 Å². The first-order chi connectivity index (χ1) is 14.7. The van der Waals surface area contributed by atoms with E-state index in [0.717, 1.165) is 24.0 Å². The number of ether oxygens (including phenoxy) is 1. The quantitative estimate of drug-likeness (QED) is 0.483. The number of carbonyl (C=O) groups excluding carboxylic acids is 2. The van der Waals surface area contributed by atoms with Crippen molar-refractivity contribution >= 4 is 35.0 Å². The van der Waals surface area contributed by atoms with E-state index in [1.165, 1.54) is 4.90 Å². The number of aryl methyl sites for hydroxylation is 2. The Morgan fingerprint density at radius 1 is 1.13 bits per heavy atom. The lowest BCUT2D eigenvalue weighted by Gasteiger charge is -2.29. The fraction of sp³-hybridized carbons (Fsp3) is 0.417. The third-order valence-corrected chi connectivity index (χ3v) is 5.63. The molecule has 1 atom stereocenters. The minimum atomic E-state index is -0.682. The molecule has 0 aliphatic carbocycles. The number of nitrogens with zero attached hydrogens (tertiary/aromatic N) is 1. The molecule has 0 unspecified atom stereocenters. The van der Waals surface area contributed by atoms with Crippen molar-refractivity contribution in [3.05, 3.63) is 63.1 Å². The average Bonchev–Trinajstić information content (AvgIpc) is 2.73. The maximum Gasteiger partial charge on any atom is 0.261 e. The van der Waals surface area contributed by atoms with Crippen LogP contribution in [0.3, 0.4) is 0 Å². The number of nitrogens with one attached hydrogen (secondary N) is 1. The number of benzene rings is 2. The Hall–Kier alpha value is -2.24. The van der Waals surface area contributed by atoms with Gasteiger partial charge >= 0.3 is 0 Å². The van der Waals surface area contributed by atoms with Crippen LogP contribution >= 0.6 is 23.2 Å².